The Morgan fingerprint density at radius 1 is 1.45 bits per heavy atom. The Morgan fingerprint density at radius 2 is 2.27 bits per heavy atom. The van der Waals surface area contributed by atoms with Crippen molar-refractivity contribution >= 4 is 17.4 Å². The summed E-state index contributed by atoms with van der Waals surface area (Å²) in [6.45, 7) is 7.39. The highest BCUT2D eigenvalue weighted by Gasteiger charge is 2.40. The molecule has 6 nitrogen and oxygen atoms in total. The average Bonchev–Trinajstić information content (AvgIpc) is 2.95. The first-order valence-electron chi connectivity index (χ1n) is 8.02. The van der Waals surface area contributed by atoms with Crippen molar-refractivity contribution in [1.29, 1.82) is 0 Å². The van der Waals surface area contributed by atoms with Crippen LogP contribution in [0.4, 0.5) is 11.5 Å². The number of nitrogens with zero attached hydrogens (tertiary/aromatic N) is 3. The Bertz CT molecular complexity index is 538. The number of anilines is 2. The first kappa shape index (κ1) is 15.1. The molecule has 0 saturated carbocycles. The molecule has 3 rings (SSSR count). The second-order valence-corrected chi connectivity index (χ2v) is 6.61. The van der Waals surface area contributed by atoms with Crippen LogP contribution in [0.25, 0.3) is 0 Å². The van der Waals surface area contributed by atoms with Gasteiger partial charge in [0.05, 0.1) is 17.4 Å². The van der Waals surface area contributed by atoms with Gasteiger partial charge in [-0.1, -0.05) is 0 Å². The molecule has 2 fully saturated rings. The van der Waals surface area contributed by atoms with E-state index in [9.17, 15) is 4.79 Å². The Labute approximate surface area is 131 Å². The molecule has 2 aliphatic rings. The third-order valence-electron chi connectivity index (χ3n) is 4.82. The Balaban J connectivity index is 1.67. The zero-order valence-electron chi connectivity index (χ0n) is 13.4. The zero-order chi connectivity index (χ0) is 15.7. The van der Waals surface area contributed by atoms with E-state index in [0.29, 0.717) is 5.69 Å². The number of nitrogens with two attached hydrogens (primary N) is 1. The third-order valence-corrected chi connectivity index (χ3v) is 4.82. The van der Waals surface area contributed by atoms with Gasteiger partial charge in [-0.15, -0.1) is 0 Å². The summed E-state index contributed by atoms with van der Waals surface area (Å²) in [5.41, 5.74) is 5.99. The lowest BCUT2D eigenvalue weighted by atomic mass is 9.97. The predicted molar refractivity (Wildman–Crippen MR) is 87.7 cm³/mol. The Hall–Kier alpha value is -1.82. The van der Waals surface area contributed by atoms with Crippen LogP contribution in [0.2, 0.25) is 0 Å². The largest absolute Gasteiger partial charge is 0.397 e. The number of hydrogen-bond donors (Lipinski definition) is 2. The number of carbonyl (C=O) groups excluding carboxylic acids is 1. The van der Waals surface area contributed by atoms with Crippen LogP contribution in [-0.2, 0) is 4.79 Å². The van der Waals surface area contributed by atoms with Crippen LogP contribution in [0.1, 0.15) is 26.7 Å². The summed E-state index contributed by atoms with van der Waals surface area (Å²) in [4.78, 5) is 21.4. The molecule has 1 aromatic heterocycles. The number of amides is 1. The fraction of sp³-hybridized carbons (Fsp3) is 0.625. The van der Waals surface area contributed by atoms with E-state index in [1.54, 1.807) is 6.20 Å². The van der Waals surface area contributed by atoms with E-state index in [1.807, 2.05) is 24.0 Å². The molecule has 2 atom stereocenters. The van der Waals surface area contributed by atoms with Gasteiger partial charge in [-0.2, -0.15) is 0 Å². The molecule has 0 spiro atoms. The minimum Gasteiger partial charge on any atom is -0.397 e. The molecule has 0 bridgehead atoms. The summed E-state index contributed by atoms with van der Waals surface area (Å²) in [7, 11) is 0. The molecule has 3 N–H and O–H groups in total. The van der Waals surface area contributed by atoms with E-state index in [4.69, 9.17) is 5.73 Å². The molecular weight excluding hydrogens is 278 g/mol. The maximum absolute atomic E-state index is 12.8. The highest BCUT2D eigenvalue weighted by atomic mass is 16.2. The molecule has 22 heavy (non-hydrogen) atoms. The molecule has 6 heteroatoms. The van der Waals surface area contributed by atoms with Crippen LogP contribution >= 0.6 is 0 Å². The fourth-order valence-corrected chi connectivity index (χ4v) is 3.48. The Morgan fingerprint density at radius 3 is 2.86 bits per heavy atom. The number of nitrogen functional groups attached to an aromatic ring is 1. The molecule has 2 aliphatic heterocycles. The van der Waals surface area contributed by atoms with Crippen LogP contribution in [-0.4, -0.2) is 53.6 Å². The first-order valence-corrected chi connectivity index (χ1v) is 8.02. The Kier molecular flexibility index (Phi) is 3.95. The molecule has 0 aromatic carbocycles. The monoisotopic (exact) mass is 303 g/mol. The van der Waals surface area contributed by atoms with Crippen molar-refractivity contribution in [2.75, 3.05) is 36.8 Å². The van der Waals surface area contributed by atoms with Gasteiger partial charge >= 0.3 is 0 Å². The molecule has 3 heterocycles. The first-order chi connectivity index (χ1) is 10.5. The number of nitrogens with one attached hydrogen (secondary N) is 1. The quantitative estimate of drug-likeness (QED) is 0.847. The van der Waals surface area contributed by atoms with Crippen molar-refractivity contribution < 1.29 is 4.79 Å². The van der Waals surface area contributed by atoms with Crippen molar-refractivity contribution in [1.82, 2.24) is 15.2 Å². The third kappa shape index (κ3) is 2.75. The van der Waals surface area contributed by atoms with Crippen molar-refractivity contribution in [3.05, 3.63) is 18.3 Å². The van der Waals surface area contributed by atoms with Crippen molar-refractivity contribution in [3.8, 4) is 0 Å². The number of rotatable bonds is 2. The lowest BCUT2D eigenvalue weighted by Crippen LogP contribution is -2.60. The SMILES string of the molecule is C[C@@H]1CN(C(=O)[C@]2(C)CCCN2)CCN1c1ccc(N)cn1. The lowest BCUT2D eigenvalue weighted by Gasteiger charge is -2.43. The maximum Gasteiger partial charge on any atom is 0.242 e. The highest BCUT2D eigenvalue weighted by molar-refractivity contribution is 5.86. The molecule has 120 valence electrons. The van der Waals surface area contributed by atoms with Gasteiger partial charge in [0.15, 0.2) is 0 Å². The van der Waals surface area contributed by atoms with Gasteiger partial charge in [0.2, 0.25) is 5.91 Å². The van der Waals surface area contributed by atoms with Gasteiger partial charge in [0, 0.05) is 25.7 Å². The van der Waals surface area contributed by atoms with E-state index < -0.39 is 0 Å². The van der Waals surface area contributed by atoms with E-state index in [0.717, 1.165) is 44.8 Å². The summed E-state index contributed by atoms with van der Waals surface area (Å²) in [5, 5.41) is 3.36. The normalized spacial score (nSPS) is 28.9. The number of hydrogen-bond acceptors (Lipinski definition) is 5. The van der Waals surface area contributed by atoms with E-state index >= 15 is 0 Å². The van der Waals surface area contributed by atoms with Gasteiger partial charge in [0.1, 0.15) is 5.82 Å². The fourth-order valence-electron chi connectivity index (χ4n) is 3.48. The summed E-state index contributed by atoms with van der Waals surface area (Å²) in [6.07, 6.45) is 3.69. The number of carbonyl (C=O) groups is 1. The topological polar surface area (TPSA) is 74.5 Å². The van der Waals surface area contributed by atoms with Crippen LogP contribution in [0.3, 0.4) is 0 Å². The highest BCUT2D eigenvalue weighted by Crippen LogP contribution is 2.24. The summed E-state index contributed by atoms with van der Waals surface area (Å²) in [6, 6.07) is 4.07. The van der Waals surface area contributed by atoms with Gasteiger partial charge in [0.25, 0.3) is 0 Å². The maximum atomic E-state index is 12.8. The van der Waals surface area contributed by atoms with Crippen LogP contribution in [0, 0.1) is 0 Å². The van der Waals surface area contributed by atoms with Crippen LogP contribution in [0.15, 0.2) is 18.3 Å². The number of pyridine rings is 1. The van der Waals surface area contributed by atoms with Crippen LogP contribution in [0.5, 0.6) is 0 Å². The second-order valence-electron chi connectivity index (χ2n) is 6.61. The average molecular weight is 303 g/mol. The van der Waals surface area contributed by atoms with E-state index in [1.165, 1.54) is 0 Å². The molecule has 0 aliphatic carbocycles. The minimum atomic E-state index is -0.374. The summed E-state index contributed by atoms with van der Waals surface area (Å²) >= 11 is 0. The standard InChI is InChI=1S/C16H25N5O/c1-12-11-20(15(22)16(2)6-3-7-19-16)8-9-21(12)14-5-4-13(17)10-18-14/h4-5,10,12,19H,3,6-9,11,17H2,1-2H3/t12-,16+/m1/s1. The van der Waals surface area contributed by atoms with Gasteiger partial charge in [-0.05, 0) is 45.4 Å². The summed E-state index contributed by atoms with van der Waals surface area (Å²) in [5.74, 6) is 1.17. The molecule has 2 saturated heterocycles. The van der Waals surface area contributed by atoms with Gasteiger partial charge < -0.3 is 20.9 Å². The van der Waals surface area contributed by atoms with Crippen molar-refractivity contribution in [3.63, 3.8) is 0 Å². The zero-order valence-corrected chi connectivity index (χ0v) is 13.4. The van der Waals surface area contributed by atoms with Crippen LogP contribution < -0.4 is 16.0 Å². The van der Waals surface area contributed by atoms with Gasteiger partial charge in [-0.3, -0.25) is 4.79 Å². The smallest absolute Gasteiger partial charge is 0.242 e. The van der Waals surface area contributed by atoms with E-state index in [-0.39, 0.29) is 17.5 Å². The van der Waals surface area contributed by atoms with Crippen molar-refractivity contribution in [2.45, 2.75) is 38.3 Å². The molecule has 0 unspecified atom stereocenters. The van der Waals surface area contributed by atoms with Crippen molar-refractivity contribution in [2.24, 2.45) is 0 Å². The second kappa shape index (κ2) is 5.76. The molecular formula is C16H25N5O. The predicted octanol–water partition coefficient (Wildman–Crippen LogP) is 0.843. The summed E-state index contributed by atoms with van der Waals surface area (Å²) < 4.78 is 0. The number of aromatic nitrogens is 1. The van der Waals surface area contributed by atoms with E-state index in [2.05, 4.69) is 22.1 Å². The number of piperazine rings is 1. The minimum absolute atomic E-state index is 0.238. The lowest BCUT2D eigenvalue weighted by molar-refractivity contribution is -0.138. The van der Waals surface area contributed by atoms with Gasteiger partial charge in [-0.25, -0.2) is 4.98 Å². The molecule has 0 radical (unpaired) electrons. The molecule has 1 aromatic rings. The molecule has 1 amide bonds.